The van der Waals surface area contributed by atoms with Crippen LogP contribution in [0, 0.1) is 0 Å². The maximum atomic E-state index is 11.2. The van der Waals surface area contributed by atoms with Crippen molar-refractivity contribution in [1.29, 1.82) is 0 Å². The minimum absolute atomic E-state index is 0.0332. The zero-order valence-corrected chi connectivity index (χ0v) is 14.8. The molecule has 0 rings (SSSR count). The summed E-state index contributed by atoms with van der Waals surface area (Å²) in [6, 6.07) is 0. The highest BCUT2D eigenvalue weighted by Gasteiger charge is 2.15. The number of aliphatic hydroxyl groups is 2. The number of esters is 2. The molecule has 0 aliphatic heterocycles. The maximum absolute atomic E-state index is 11.2. The Labute approximate surface area is 148 Å². The van der Waals surface area contributed by atoms with Gasteiger partial charge in [0.1, 0.15) is 0 Å². The fraction of sp³-hybridized carbons (Fsp3) is 0.500. The molecule has 0 aliphatic rings. The number of carboxylic acid groups (broad SMARTS) is 1. The molecule has 0 spiro atoms. The van der Waals surface area contributed by atoms with Crippen molar-refractivity contribution in [3.8, 4) is 0 Å². The van der Waals surface area contributed by atoms with Gasteiger partial charge in [-0.1, -0.05) is 33.1 Å². The van der Waals surface area contributed by atoms with Crippen molar-refractivity contribution in [1.82, 2.24) is 0 Å². The van der Waals surface area contributed by atoms with Crippen molar-refractivity contribution in [2.75, 3.05) is 13.2 Å². The van der Waals surface area contributed by atoms with Crippen molar-refractivity contribution < 1.29 is 34.4 Å². The lowest BCUT2D eigenvalue weighted by Gasteiger charge is -2.05. The Morgan fingerprint density at radius 3 is 1.68 bits per heavy atom. The van der Waals surface area contributed by atoms with Gasteiger partial charge in [0.2, 0.25) is 0 Å². The van der Waals surface area contributed by atoms with Gasteiger partial charge in [-0.05, 0) is 25.7 Å². The Kier molecular flexibility index (Phi) is 15.3. The van der Waals surface area contributed by atoms with E-state index in [9.17, 15) is 14.4 Å². The molecule has 142 valence electrons. The van der Waals surface area contributed by atoms with Crippen LogP contribution in [0.25, 0.3) is 0 Å². The molecule has 7 heteroatoms. The first-order valence-electron chi connectivity index (χ1n) is 7.96. The van der Waals surface area contributed by atoms with E-state index in [1.54, 1.807) is 0 Å². The molecule has 3 N–H and O–H groups in total. The third kappa shape index (κ3) is 13.8. The zero-order valence-electron chi connectivity index (χ0n) is 14.8. The first-order valence-corrected chi connectivity index (χ1v) is 7.96. The van der Waals surface area contributed by atoms with Crippen molar-refractivity contribution in [2.24, 2.45) is 0 Å². The van der Waals surface area contributed by atoms with Crippen molar-refractivity contribution in [3.05, 3.63) is 36.5 Å². The summed E-state index contributed by atoms with van der Waals surface area (Å²) in [6.45, 7) is 11.9. The number of unbranched alkanes of at least 4 members (excludes halogenated alkanes) is 1. The van der Waals surface area contributed by atoms with Crippen molar-refractivity contribution in [2.45, 2.75) is 45.4 Å². The summed E-state index contributed by atoms with van der Waals surface area (Å²) < 4.78 is 4.45. The smallest absolute Gasteiger partial charge is 0.341 e. The van der Waals surface area contributed by atoms with Crippen LogP contribution in [0.15, 0.2) is 36.5 Å². The third-order valence-electron chi connectivity index (χ3n) is 2.95. The van der Waals surface area contributed by atoms with E-state index in [-0.39, 0.29) is 37.2 Å². The number of carboxylic acids is 1. The molecule has 0 saturated heterocycles. The molecule has 0 aromatic rings. The maximum Gasteiger partial charge on any atom is 0.341 e. The molecule has 0 amide bonds. The van der Waals surface area contributed by atoms with Crippen LogP contribution in [0.5, 0.6) is 0 Å². The molecule has 0 aliphatic carbocycles. The molecule has 0 unspecified atom stereocenters. The molecular weight excluding hydrogens is 328 g/mol. The number of aliphatic carboxylic acids is 1. The standard InChI is InChI=1S/C11H16O5.C7H12O2/c1-8(4-3-6-12)10(14)16-11(15)9(2)5-7-13;1-3-4-5-6(2)7(8)9/h12-13H,1-7H2;2-5H2,1H3,(H,8,9). The van der Waals surface area contributed by atoms with Gasteiger partial charge < -0.3 is 20.1 Å². The Morgan fingerprint density at radius 2 is 1.28 bits per heavy atom. The minimum Gasteiger partial charge on any atom is -0.478 e. The lowest BCUT2D eigenvalue weighted by molar-refractivity contribution is -0.154. The van der Waals surface area contributed by atoms with Crippen LogP contribution in [0.4, 0.5) is 0 Å². The molecule has 7 nitrogen and oxygen atoms in total. The molecule has 25 heavy (non-hydrogen) atoms. The van der Waals surface area contributed by atoms with E-state index in [1.165, 1.54) is 0 Å². The van der Waals surface area contributed by atoms with Gasteiger partial charge in [0.15, 0.2) is 0 Å². The van der Waals surface area contributed by atoms with Crippen LogP contribution in [0.1, 0.15) is 45.4 Å². The topological polar surface area (TPSA) is 121 Å². The average molecular weight is 356 g/mol. The summed E-state index contributed by atoms with van der Waals surface area (Å²) in [6.07, 6.45) is 3.29. The van der Waals surface area contributed by atoms with Gasteiger partial charge in [-0.15, -0.1) is 0 Å². The van der Waals surface area contributed by atoms with Crippen LogP contribution in [0.3, 0.4) is 0 Å². The Balaban J connectivity index is 0. The van der Waals surface area contributed by atoms with Gasteiger partial charge in [0.25, 0.3) is 0 Å². The third-order valence-corrected chi connectivity index (χ3v) is 2.95. The molecule has 0 aromatic heterocycles. The lowest BCUT2D eigenvalue weighted by Crippen LogP contribution is -2.16. The Bertz CT molecular complexity index is 492. The first kappa shape index (κ1) is 25.0. The number of carbonyl (C=O) groups is 3. The number of ether oxygens (including phenoxy) is 1. The van der Waals surface area contributed by atoms with Gasteiger partial charge >= 0.3 is 17.9 Å². The fourth-order valence-electron chi connectivity index (χ4n) is 1.36. The number of hydrogen-bond acceptors (Lipinski definition) is 6. The highest BCUT2D eigenvalue weighted by atomic mass is 16.6. The van der Waals surface area contributed by atoms with Crippen LogP contribution in [0.2, 0.25) is 0 Å². The molecule has 0 radical (unpaired) electrons. The van der Waals surface area contributed by atoms with Crippen molar-refractivity contribution in [3.63, 3.8) is 0 Å². The van der Waals surface area contributed by atoms with E-state index in [1.807, 2.05) is 6.92 Å². The van der Waals surface area contributed by atoms with Gasteiger partial charge in [-0.3, -0.25) is 0 Å². The lowest BCUT2D eigenvalue weighted by atomic mass is 10.1. The van der Waals surface area contributed by atoms with Gasteiger partial charge in [0, 0.05) is 36.4 Å². The Morgan fingerprint density at radius 1 is 0.800 bits per heavy atom. The largest absolute Gasteiger partial charge is 0.478 e. The summed E-state index contributed by atoms with van der Waals surface area (Å²) in [4.78, 5) is 32.5. The highest BCUT2D eigenvalue weighted by Crippen LogP contribution is 2.07. The SMILES string of the molecule is C=C(CCCC)C(=O)O.C=C(CCO)C(=O)OC(=O)C(=C)CCCO. The predicted molar refractivity (Wildman–Crippen MR) is 93.7 cm³/mol. The zero-order chi connectivity index (χ0) is 19.8. The number of rotatable bonds is 11. The van der Waals surface area contributed by atoms with E-state index in [0.717, 1.165) is 12.8 Å². The van der Waals surface area contributed by atoms with Crippen LogP contribution in [-0.4, -0.2) is 46.4 Å². The van der Waals surface area contributed by atoms with Crippen LogP contribution in [-0.2, 0) is 19.1 Å². The predicted octanol–water partition coefficient (Wildman–Crippen LogP) is 2.14. The Hall–Kier alpha value is -2.25. The quantitative estimate of drug-likeness (QED) is 0.294. The monoisotopic (exact) mass is 356 g/mol. The van der Waals surface area contributed by atoms with Crippen molar-refractivity contribution >= 4 is 17.9 Å². The summed E-state index contributed by atoms with van der Waals surface area (Å²) in [5.41, 5.74) is 0.474. The second-order valence-corrected chi connectivity index (χ2v) is 5.20. The number of aliphatic hydroxyl groups excluding tert-OH is 2. The minimum atomic E-state index is -0.872. The average Bonchev–Trinajstić information content (AvgIpc) is 2.57. The molecule has 0 saturated carbocycles. The number of carbonyl (C=O) groups excluding carboxylic acids is 2. The van der Waals surface area contributed by atoms with Gasteiger partial charge in [-0.25, -0.2) is 14.4 Å². The highest BCUT2D eigenvalue weighted by molar-refractivity contribution is 6.01. The second kappa shape index (κ2) is 15.3. The summed E-state index contributed by atoms with van der Waals surface area (Å²) in [7, 11) is 0. The summed E-state index contributed by atoms with van der Waals surface area (Å²) in [5.74, 6) is -2.55. The van der Waals surface area contributed by atoms with E-state index < -0.39 is 17.9 Å². The van der Waals surface area contributed by atoms with E-state index in [2.05, 4.69) is 24.5 Å². The number of hydrogen-bond donors (Lipinski definition) is 3. The summed E-state index contributed by atoms with van der Waals surface area (Å²) >= 11 is 0. The van der Waals surface area contributed by atoms with E-state index >= 15 is 0 Å². The first-order chi connectivity index (χ1) is 11.7. The van der Waals surface area contributed by atoms with Crippen LogP contribution < -0.4 is 0 Å². The summed E-state index contributed by atoms with van der Waals surface area (Å²) in [5, 5.41) is 25.4. The molecule has 0 heterocycles. The molecule has 0 fully saturated rings. The molecule has 0 aromatic carbocycles. The molecular formula is C18H28O7. The molecule has 0 atom stereocenters. The van der Waals surface area contributed by atoms with Gasteiger partial charge in [-0.2, -0.15) is 0 Å². The van der Waals surface area contributed by atoms with Crippen LogP contribution >= 0.6 is 0 Å². The fourth-order valence-corrected chi connectivity index (χ4v) is 1.36. The van der Waals surface area contributed by atoms with Gasteiger partial charge in [0.05, 0.1) is 0 Å². The normalized spacial score (nSPS) is 9.40. The van der Waals surface area contributed by atoms with E-state index in [0.29, 0.717) is 18.4 Å². The second-order valence-electron chi connectivity index (χ2n) is 5.20. The molecule has 0 bridgehead atoms. The van der Waals surface area contributed by atoms with E-state index in [4.69, 9.17) is 15.3 Å².